The van der Waals surface area contributed by atoms with E-state index in [1.807, 2.05) is 13.0 Å². The van der Waals surface area contributed by atoms with Crippen LogP contribution in [0.5, 0.6) is 0 Å². The zero-order valence-corrected chi connectivity index (χ0v) is 15.3. The van der Waals surface area contributed by atoms with Gasteiger partial charge < -0.3 is 13.9 Å². The fraction of sp³-hybridized carbons (Fsp3) is 0.182. The van der Waals surface area contributed by atoms with E-state index in [2.05, 4.69) is 0 Å². The van der Waals surface area contributed by atoms with E-state index in [-0.39, 0.29) is 18.7 Å². The predicted octanol–water partition coefficient (Wildman–Crippen LogP) is 4.98. The molecule has 0 aliphatic carbocycles. The lowest BCUT2D eigenvalue weighted by molar-refractivity contribution is -0.136. The van der Waals surface area contributed by atoms with Crippen LogP contribution < -0.4 is 5.63 Å². The molecule has 4 aromatic rings. The molecule has 0 aliphatic rings. The van der Waals surface area contributed by atoms with Crippen LogP contribution in [0, 0.1) is 19.7 Å². The largest absolute Gasteiger partial charge is 0.481 e. The number of fused-ring (bicyclic) bond motifs is 2. The maximum atomic E-state index is 13.3. The Morgan fingerprint density at radius 2 is 1.79 bits per heavy atom. The van der Waals surface area contributed by atoms with Crippen molar-refractivity contribution in [1.29, 1.82) is 0 Å². The molecule has 0 aliphatic heterocycles. The van der Waals surface area contributed by atoms with Crippen LogP contribution in [0.15, 0.2) is 50.2 Å². The van der Waals surface area contributed by atoms with Crippen LogP contribution in [0.25, 0.3) is 33.1 Å². The third-order valence-corrected chi connectivity index (χ3v) is 5.09. The molecule has 142 valence electrons. The Bertz CT molecular complexity index is 1280. The fourth-order valence-electron chi connectivity index (χ4n) is 3.57. The van der Waals surface area contributed by atoms with Gasteiger partial charge in [0.15, 0.2) is 0 Å². The van der Waals surface area contributed by atoms with Crippen LogP contribution in [-0.2, 0) is 11.2 Å². The number of furan rings is 1. The Morgan fingerprint density at radius 1 is 1.07 bits per heavy atom. The number of carbonyl (C=O) groups is 1. The summed E-state index contributed by atoms with van der Waals surface area (Å²) >= 11 is 0. The number of carboxylic acid groups (broad SMARTS) is 1. The first-order valence-corrected chi connectivity index (χ1v) is 8.81. The summed E-state index contributed by atoms with van der Waals surface area (Å²) in [4.78, 5) is 23.3. The standard InChI is InChI=1S/C22H17FO5/c1-11-15(7-8-19(24)25)22(26)28-21-12(2)20-17(9-16(11)21)18(10-27-20)13-3-5-14(23)6-4-13/h3-6,9-10H,7-8H2,1-2H3,(H,24,25). The van der Waals surface area contributed by atoms with Crippen molar-refractivity contribution < 1.29 is 23.1 Å². The van der Waals surface area contributed by atoms with Crippen molar-refractivity contribution in [2.24, 2.45) is 0 Å². The molecule has 0 amide bonds. The summed E-state index contributed by atoms with van der Waals surface area (Å²) in [6, 6.07) is 8.00. The number of carboxylic acids is 1. The molecule has 2 aromatic carbocycles. The van der Waals surface area contributed by atoms with Crippen LogP contribution in [0.3, 0.4) is 0 Å². The first-order chi connectivity index (χ1) is 13.4. The summed E-state index contributed by atoms with van der Waals surface area (Å²) < 4.78 is 24.5. The second kappa shape index (κ2) is 6.64. The van der Waals surface area contributed by atoms with Gasteiger partial charge in [-0.05, 0) is 49.6 Å². The van der Waals surface area contributed by atoms with E-state index in [0.717, 1.165) is 21.9 Å². The van der Waals surface area contributed by atoms with Gasteiger partial charge in [0.2, 0.25) is 0 Å². The molecule has 4 rings (SSSR count). The number of aliphatic carboxylic acids is 1. The van der Waals surface area contributed by atoms with E-state index in [9.17, 15) is 14.0 Å². The highest BCUT2D eigenvalue weighted by atomic mass is 19.1. The number of hydrogen-bond acceptors (Lipinski definition) is 4. The topological polar surface area (TPSA) is 80.6 Å². The lowest BCUT2D eigenvalue weighted by Gasteiger charge is -2.09. The molecular formula is C22H17FO5. The van der Waals surface area contributed by atoms with Crippen LogP contribution >= 0.6 is 0 Å². The van der Waals surface area contributed by atoms with Crippen molar-refractivity contribution in [3.63, 3.8) is 0 Å². The Morgan fingerprint density at radius 3 is 2.46 bits per heavy atom. The van der Waals surface area contributed by atoms with Gasteiger partial charge in [-0.2, -0.15) is 0 Å². The molecule has 1 N–H and O–H groups in total. The van der Waals surface area contributed by atoms with Crippen molar-refractivity contribution in [2.75, 3.05) is 0 Å². The molecule has 0 atom stereocenters. The summed E-state index contributed by atoms with van der Waals surface area (Å²) in [5.74, 6) is -1.29. The van der Waals surface area contributed by atoms with Crippen molar-refractivity contribution in [2.45, 2.75) is 26.7 Å². The fourth-order valence-corrected chi connectivity index (χ4v) is 3.57. The molecule has 2 heterocycles. The second-order valence-electron chi connectivity index (χ2n) is 6.80. The minimum Gasteiger partial charge on any atom is -0.481 e. The molecule has 6 heteroatoms. The molecule has 0 fully saturated rings. The van der Waals surface area contributed by atoms with Gasteiger partial charge in [-0.3, -0.25) is 4.79 Å². The highest BCUT2D eigenvalue weighted by Gasteiger charge is 2.19. The van der Waals surface area contributed by atoms with E-state index < -0.39 is 11.6 Å². The van der Waals surface area contributed by atoms with E-state index in [1.54, 1.807) is 25.3 Å². The molecule has 2 aromatic heterocycles. The SMILES string of the molecule is Cc1c(CCC(=O)O)c(=O)oc2c(C)c3occ(-c4ccc(F)cc4)c3cc12. The third-order valence-electron chi connectivity index (χ3n) is 5.09. The zero-order chi connectivity index (χ0) is 20.0. The van der Waals surface area contributed by atoms with Crippen molar-refractivity contribution in [3.8, 4) is 11.1 Å². The molecule has 0 saturated carbocycles. The number of halogens is 1. The van der Waals surface area contributed by atoms with Gasteiger partial charge in [0, 0.05) is 33.9 Å². The van der Waals surface area contributed by atoms with Gasteiger partial charge >= 0.3 is 11.6 Å². The Balaban J connectivity index is 1.98. The van der Waals surface area contributed by atoms with Crippen molar-refractivity contribution in [3.05, 3.63) is 69.5 Å². The minimum atomic E-state index is -0.973. The number of rotatable bonds is 4. The van der Waals surface area contributed by atoms with Gasteiger partial charge in [0.1, 0.15) is 17.0 Å². The first-order valence-electron chi connectivity index (χ1n) is 8.81. The van der Waals surface area contributed by atoms with Gasteiger partial charge in [0.25, 0.3) is 0 Å². The van der Waals surface area contributed by atoms with Crippen LogP contribution in [0.1, 0.15) is 23.1 Å². The number of hydrogen-bond donors (Lipinski definition) is 1. The third kappa shape index (κ3) is 2.87. The van der Waals surface area contributed by atoms with E-state index >= 15 is 0 Å². The molecule has 0 saturated heterocycles. The minimum absolute atomic E-state index is 0.104. The molecule has 0 radical (unpaired) electrons. The zero-order valence-electron chi connectivity index (χ0n) is 15.3. The summed E-state index contributed by atoms with van der Waals surface area (Å²) in [6.45, 7) is 3.60. The van der Waals surface area contributed by atoms with E-state index in [1.165, 1.54) is 12.1 Å². The lowest BCUT2D eigenvalue weighted by Crippen LogP contribution is -2.12. The maximum absolute atomic E-state index is 13.3. The molecule has 0 spiro atoms. The van der Waals surface area contributed by atoms with Gasteiger partial charge in [0.05, 0.1) is 6.26 Å². The smallest absolute Gasteiger partial charge is 0.339 e. The molecule has 5 nitrogen and oxygen atoms in total. The molecule has 0 unspecified atom stereocenters. The van der Waals surface area contributed by atoms with Gasteiger partial charge in [-0.1, -0.05) is 12.1 Å². The Hall–Kier alpha value is -3.41. The molecule has 0 bridgehead atoms. The highest BCUT2D eigenvalue weighted by molar-refractivity contribution is 6.04. The Labute approximate surface area is 159 Å². The summed E-state index contributed by atoms with van der Waals surface area (Å²) in [5, 5.41) is 10.5. The lowest BCUT2D eigenvalue weighted by atomic mass is 9.97. The summed E-state index contributed by atoms with van der Waals surface area (Å²) in [5.41, 5.74) is 3.84. The predicted molar refractivity (Wildman–Crippen MR) is 103 cm³/mol. The summed E-state index contributed by atoms with van der Waals surface area (Å²) in [7, 11) is 0. The maximum Gasteiger partial charge on any atom is 0.339 e. The Kier molecular flexibility index (Phi) is 4.26. The number of aryl methyl sites for hydroxylation is 2. The molecule has 28 heavy (non-hydrogen) atoms. The van der Waals surface area contributed by atoms with Crippen molar-refractivity contribution >= 4 is 27.9 Å². The summed E-state index contributed by atoms with van der Waals surface area (Å²) in [6.07, 6.45) is 1.56. The quantitative estimate of drug-likeness (QED) is 0.505. The number of benzene rings is 2. The monoisotopic (exact) mass is 380 g/mol. The van der Waals surface area contributed by atoms with E-state index in [0.29, 0.717) is 27.9 Å². The molecular weight excluding hydrogens is 363 g/mol. The van der Waals surface area contributed by atoms with Crippen molar-refractivity contribution in [1.82, 2.24) is 0 Å². The highest BCUT2D eigenvalue weighted by Crippen LogP contribution is 2.37. The van der Waals surface area contributed by atoms with Crippen LogP contribution in [0.2, 0.25) is 0 Å². The van der Waals surface area contributed by atoms with Crippen LogP contribution in [0.4, 0.5) is 4.39 Å². The average Bonchev–Trinajstić information content (AvgIpc) is 3.07. The van der Waals surface area contributed by atoms with E-state index in [4.69, 9.17) is 13.9 Å². The second-order valence-corrected chi connectivity index (χ2v) is 6.80. The average molecular weight is 380 g/mol. The normalized spacial score (nSPS) is 11.4. The van der Waals surface area contributed by atoms with Gasteiger partial charge in [-0.25, -0.2) is 9.18 Å². The first kappa shape index (κ1) is 18.0. The van der Waals surface area contributed by atoms with Crippen LogP contribution in [-0.4, -0.2) is 11.1 Å². The van der Waals surface area contributed by atoms with Gasteiger partial charge in [-0.15, -0.1) is 0 Å².